The zero-order valence-electron chi connectivity index (χ0n) is 18.6. The average Bonchev–Trinajstić information content (AvgIpc) is 3.28. The van der Waals surface area contributed by atoms with Gasteiger partial charge in [-0.2, -0.15) is 13.2 Å². The molecule has 0 aliphatic carbocycles. The molecule has 1 saturated heterocycles. The Balaban J connectivity index is 1.60. The Morgan fingerprint density at radius 2 is 1.80 bits per heavy atom. The van der Waals surface area contributed by atoms with Gasteiger partial charge < -0.3 is 16.2 Å². The first-order valence-electron chi connectivity index (χ1n) is 10.9. The molecule has 0 bridgehead atoms. The maximum atomic E-state index is 13.4. The van der Waals surface area contributed by atoms with E-state index in [-0.39, 0.29) is 18.0 Å². The van der Waals surface area contributed by atoms with E-state index < -0.39 is 29.6 Å². The Bertz CT molecular complexity index is 1250. The predicted molar refractivity (Wildman–Crippen MR) is 122 cm³/mol. The van der Waals surface area contributed by atoms with Crippen molar-refractivity contribution < 1.29 is 27.5 Å². The van der Waals surface area contributed by atoms with Crippen LogP contribution < -0.4 is 16.2 Å². The van der Waals surface area contributed by atoms with Crippen molar-refractivity contribution in [3.05, 3.63) is 77.5 Å². The molecule has 1 aromatic heterocycles. The van der Waals surface area contributed by atoms with E-state index in [2.05, 4.69) is 4.98 Å². The van der Waals surface area contributed by atoms with Crippen LogP contribution in [0.3, 0.4) is 0 Å². The van der Waals surface area contributed by atoms with Gasteiger partial charge in [-0.15, -0.1) is 0 Å². The van der Waals surface area contributed by atoms with Gasteiger partial charge in [0.2, 0.25) is 5.91 Å². The van der Waals surface area contributed by atoms with Crippen molar-refractivity contribution in [2.24, 2.45) is 11.5 Å². The van der Waals surface area contributed by atoms with E-state index in [1.54, 1.807) is 41.3 Å². The maximum Gasteiger partial charge on any atom is 0.416 e. The van der Waals surface area contributed by atoms with E-state index in [1.807, 2.05) is 0 Å². The molecule has 1 unspecified atom stereocenters. The Hall–Kier alpha value is -3.92. The Labute approximate surface area is 199 Å². The molecule has 1 aliphatic rings. The molecule has 3 aromatic rings. The summed E-state index contributed by atoms with van der Waals surface area (Å²) in [5, 5.41) is 0. The minimum atomic E-state index is -4.52. The highest BCUT2D eigenvalue weighted by Crippen LogP contribution is 2.36. The van der Waals surface area contributed by atoms with E-state index in [1.165, 1.54) is 12.1 Å². The third-order valence-corrected chi connectivity index (χ3v) is 5.83. The number of nitrogens with zero attached hydrogens (tertiary/aromatic N) is 2. The van der Waals surface area contributed by atoms with Gasteiger partial charge in [-0.05, 0) is 74.0 Å². The second-order valence-electron chi connectivity index (χ2n) is 8.25. The lowest BCUT2D eigenvalue weighted by molar-refractivity contribution is -0.137. The highest BCUT2D eigenvalue weighted by Gasteiger charge is 2.33. The van der Waals surface area contributed by atoms with Gasteiger partial charge in [-0.3, -0.25) is 14.5 Å². The number of carbonyl (C=O) groups excluding carboxylic acids is 2. The summed E-state index contributed by atoms with van der Waals surface area (Å²) >= 11 is 0. The number of nitrogens with two attached hydrogens (primary N) is 2. The zero-order valence-corrected chi connectivity index (χ0v) is 18.6. The third kappa shape index (κ3) is 5.60. The Morgan fingerprint density at radius 1 is 1.06 bits per heavy atom. The molecule has 2 heterocycles. The maximum absolute atomic E-state index is 13.4. The van der Waals surface area contributed by atoms with Crippen molar-refractivity contribution in [3.63, 3.8) is 0 Å². The molecule has 2 aromatic carbocycles. The van der Waals surface area contributed by atoms with Crippen LogP contribution in [0.15, 0.2) is 60.7 Å². The van der Waals surface area contributed by atoms with Gasteiger partial charge in [-0.1, -0.05) is 6.07 Å². The number of hydrogen-bond acceptors (Lipinski definition) is 5. The molecule has 4 N–H and O–H groups in total. The summed E-state index contributed by atoms with van der Waals surface area (Å²) in [6, 6.07) is 14.4. The van der Waals surface area contributed by atoms with Crippen molar-refractivity contribution >= 4 is 11.8 Å². The molecule has 0 spiro atoms. The largest absolute Gasteiger partial charge is 0.457 e. The number of primary amides is 2. The van der Waals surface area contributed by atoms with E-state index >= 15 is 0 Å². The standard InChI is InChI=1S/C25H23F3N4O3/c26-25(27,28)17-8-11-22(16(13-17)14-32-12-2-5-21(32)24(30)34)35-18-9-6-15(7-10-18)19-3-1-4-20(31-19)23(29)33/h1,3-4,6-11,13,21H,2,5,12,14H2,(H2,29,33)(H2,30,34). The second kappa shape index (κ2) is 9.75. The first-order chi connectivity index (χ1) is 16.6. The third-order valence-electron chi connectivity index (χ3n) is 5.83. The molecule has 1 aliphatic heterocycles. The highest BCUT2D eigenvalue weighted by atomic mass is 19.4. The van der Waals surface area contributed by atoms with E-state index in [0.717, 1.165) is 18.6 Å². The average molecular weight is 484 g/mol. The number of likely N-dealkylation sites (tertiary alicyclic amines) is 1. The van der Waals surface area contributed by atoms with Crippen molar-refractivity contribution in [1.82, 2.24) is 9.88 Å². The molecular weight excluding hydrogens is 461 g/mol. The van der Waals surface area contributed by atoms with E-state index in [4.69, 9.17) is 16.2 Å². The van der Waals surface area contributed by atoms with Crippen molar-refractivity contribution in [3.8, 4) is 22.8 Å². The van der Waals surface area contributed by atoms with Crippen LogP contribution in [0.1, 0.15) is 34.5 Å². The van der Waals surface area contributed by atoms with Gasteiger partial charge in [0.1, 0.15) is 17.2 Å². The van der Waals surface area contributed by atoms with Gasteiger partial charge >= 0.3 is 6.18 Å². The van der Waals surface area contributed by atoms with Crippen LogP contribution in [0.2, 0.25) is 0 Å². The van der Waals surface area contributed by atoms with Crippen molar-refractivity contribution in [2.75, 3.05) is 6.54 Å². The van der Waals surface area contributed by atoms with Crippen LogP contribution in [0.5, 0.6) is 11.5 Å². The quantitative estimate of drug-likeness (QED) is 0.524. The minimum Gasteiger partial charge on any atom is -0.457 e. The summed E-state index contributed by atoms with van der Waals surface area (Å²) < 4.78 is 46.0. The summed E-state index contributed by atoms with van der Waals surface area (Å²) in [7, 11) is 0. The molecule has 1 atom stereocenters. The monoisotopic (exact) mass is 484 g/mol. The normalized spacial score (nSPS) is 16.3. The fourth-order valence-corrected chi connectivity index (χ4v) is 4.09. The Morgan fingerprint density at radius 3 is 2.46 bits per heavy atom. The first kappa shape index (κ1) is 24.2. The molecule has 4 rings (SSSR count). The lowest BCUT2D eigenvalue weighted by Gasteiger charge is -2.24. The predicted octanol–water partition coefficient (Wildman–Crippen LogP) is 4.11. The minimum absolute atomic E-state index is 0.0920. The van der Waals surface area contributed by atoms with Gasteiger partial charge in [0.05, 0.1) is 17.3 Å². The molecule has 182 valence electrons. The van der Waals surface area contributed by atoms with E-state index in [0.29, 0.717) is 35.5 Å². The number of rotatable bonds is 7. The number of alkyl halides is 3. The lowest BCUT2D eigenvalue weighted by Crippen LogP contribution is -2.39. The lowest BCUT2D eigenvalue weighted by atomic mass is 10.1. The van der Waals surface area contributed by atoms with Crippen LogP contribution in [-0.2, 0) is 17.5 Å². The Kier molecular flexibility index (Phi) is 6.74. The zero-order chi connectivity index (χ0) is 25.2. The number of aromatic nitrogens is 1. The van der Waals surface area contributed by atoms with Gasteiger partial charge in [0.25, 0.3) is 5.91 Å². The summed E-state index contributed by atoms with van der Waals surface area (Å²) in [5.41, 5.74) is 11.6. The number of halogens is 3. The fraction of sp³-hybridized carbons (Fsp3) is 0.240. The smallest absolute Gasteiger partial charge is 0.416 e. The van der Waals surface area contributed by atoms with Gasteiger partial charge in [0.15, 0.2) is 0 Å². The SMILES string of the molecule is NC(=O)c1cccc(-c2ccc(Oc3ccc(C(F)(F)F)cc3CN3CCCC3C(N)=O)cc2)n1. The number of benzene rings is 2. The van der Waals surface area contributed by atoms with Gasteiger partial charge in [0, 0.05) is 17.7 Å². The molecule has 10 heteroatoms. The molecular formula is C25H23F3N4O3. The molecule has 0 saturated carbocycles. The number of ether oxygens (including phenoxy) is 1. The highest BCUT2D eigenvalue weighted by molar-refractivity contribution is 5.91. The van der Waals surface area contributed by atoms with Crippen LogP contribution in [0.25, 0.3) is 11.3 Å². The second-order valence-corrected chi connectivity index (χ2v) is 8.25. The number of carbonyl (C=O) groups is 2. The van der Waals surface area contributed by atoms with Crippen molar-refractivity contribution in [2.45, 2.75) is 31.6 Å². The van der Waals surface area contributed by atoms with Crippen molar-refractivity contribution in [1.29, 1.82) is 0 Å². The molecule has 35 heavy (non-hydrogen) atoms. The number of amides is 2. The number of hydrogen-bond donors (Lipinski definition) is 2. The molecule has 0 radical (unpaired) electrons. The summed E-state index contributed by atoms with van der Waals surface area (Å²) in [5.74, 6) is -0.497. The summed E-state index contributed by atoms with van der Waals surface area (Å²) in [6.45, 7) is 0.643. The molecule has 2 amide bonds. The summed E-state index contributed by atoms with van der Waals surface area (Å²) in [4.78, 5) is 29.1. The van der Waals surface area contributed by atoms with Crippen LogP contribution in [-0.4, -0.2) is 34.3 Å². The molecule has 7 nitrogen and oxygen atoms in total. The summed E-state index contributed by atoms with van der Waals surface area (Å²) in [6.07, 6.45) is -3.22. The topological polar surface area (TPSA) is 112 Å². The van der Waals surface area contributed by atoms with E-state index in [9.17, 15) is 22.8 Å². The molecule has 1 fully saturated rings. The fourth-order valence-electron chi connectivity index (χ4n) is 4.09. The first-order valence-corrected chi connectivity index (χ1v) is 10.9. The number of pyridine rings is 1. The van der Waals surface area contributed by atoms with Crippen LogP contribution >= 0.6 is 0 Å². The van der Waals surface area contributed by atoms with Crippen LogP contribution in [0.4, 0.5) is 13.2 Å². The van der Waals surface area contributed by atoms with Gasteiger partial charge in [-0.25, -0.2) is 4.98 Å². The van der Waals surface area contributed by atoms with Crippen LogP contribution in [0, 0.1) is 0 Å².